The Hall–Kier alpha value is -2.25. The van der Waals surface area contributed by atoms with Crippen molar-refractivity contribution < 1.29 is 14.4 Å². The molecule has 2 fully saturated rings. The van der Waals surface area contributed by atoms with Crippen molar-refractivity contribution in [3.05, 3.63) is 34.7 Å². The minimum absolute atomic E-state index is 0.0762. The van der Waals surface area contributed by atoms with Crippen molar-refractivity contribution in [1.82, 2.24) is 9.88 Å². The van der Waals surface area contributed by atoms with Crippen LogP contribution in [0.3, 0.4) is 0 Å². The number of anilines is 1. The first kappa shape index (κ1) is 19.1. The van der Waals surface area contributed by atoms with Crippen LogP contribution in [0.1, 0.15) is 32.1 Å². The molecule has 4 rings (SSSR count). The van der Waals surface area contributed by atoms with Gasteiger partial charge in [-0.2, -0.15) is 0 Å². The predicted octanol–water partition coefficient (Wildman–Crippen LogP) is 3.97. The molecule has 1 saturated carbocycles. The van der Waals surface area contributed by atoms with Gasteiger partial charge in [0.2, 0.25) is 17.7 Å². The average molecular weight is 418 g/mol. The Balaban J connectivity index is 1.33. The van der Waals surface area contributed by atoms with Gasteiger partial charge in [-0.15, -0.1) is 11.3 Å². The normalized spacial score (nSPS) is 21.7. The molecule has 2 aromatic rings. The second-order valence-corrected chi connectivity index (χ2v) is 8.46. The first-order chi connectivity index (χ1) is 13.5. The third kappa shape index (κ3) is 3.82. The van der Waals surface area contributed by atoms with Gasteiger partial charge >= 0.3 is 0 Å². The monoisotopic (exact) mass is 417 g/mol. The number of thiazole rings is 1. The highest BCUT2D eigenvalue weighted by molar-refractivity contribution is 7.14. The SMILES string of the molecule is O=C(CCN1C(=O)[C@@H]2CCCC[C@H]2C1=O)Nc1nc(-c2ccc(Cl)cc2)cs1. The van der Waals surface area contributed by atoms with E-state index in [1.807, 2.05) is 17.5 Å². The lowest BCUT2D eigenvalue weighted by Gasteiger charge is -2.19. The molecule has 0 spiro atoms. The summed E-state index contributed by atoms with van der Waals surface area (Å²) in [6.07, 6.45) is 3.63. The Morgan fingerprint density at radius 2 is 1.79 bits per heavy atom. The summed E-state index contributed by atoms with van der Waals surface area (Å²) in [5, 5.41) is 5.75. The van der Waals surface area contributed by atoms with Gasteiger partial charge in [-0.1, -0.05) is 36.6 Å². The van der Waals surface area contributed by atoms with Gasteiger partial charge in [0.05, 0.1) is 17.5 Å². The Morgan fingerprint density at radius 1 is 1.14 bits per heavy atom. The van der Waals surface area contributed by atoms with Crippen LogP contribution in [0.4, 0.5) is 5.13 Å². The van der Waals surface area contributed by atoms with Crippen LogP contribution in [-0.2, 0) is 14.4 Å². The highest BCUT2D eigenvalue weighted by Crippen LogP contribution is 2.38. The first-order valence-corrected chi connectivity index (χ1v) is 10.7. The van der Waals surface area contributed by atoms with E-state index in [4.69, 9.17) is 11.6 Å². The molecule has 0 radical (unpaired) electrons. The van der Waals surface area contributed by atoms with Crippen LogP contribution in [0.5, 0.6) is 0 Å². The Morgan fingerprint density at radius 3 is 2.43 bits per heavy atom. The number of amides is 3. The largest absolute Gasteiger partial charge is 0.302 e. The number of benzene rings is 1. The molecule has 1 aromatic carbocycles. The Bertz CT molecular complexity index is 888. The quantitative estimate of drug-likeness (QED) is 0.746. The molecule has 28 heavy (non-hydrogen) atoms. The summed E-state index contributed by atoms with van der Waals surface area (Å²) in [6, 6.07) is 7.31. The van der Waals surface area contributed by atoms with Crippen LogP contribution in [0.15, 0.2) is 29.6 Å². The van der Waals surface area contributed by atoms with E-state index < -0.39 is 0 Å². The lowest BCUT2D eigenvalue weighted by Crippen LogP contribution is -2.34. The maximum atomic E-state index is 12.5. The minimum Gasteiger partial charge on any atom is -0.302 e. The molecule has 146 valence electrons. The van der Waals surface area contributed by atoms with Gasteiger partial charge in [0.25, 0.3) is 0 Å². The van der Waals surface area contributed by atoms with E-state index in [0.717, 1.165) is 36.9 Å². The van der Waals surface area contributed by atoms with Gasteiger partial charge in [0.15, 0.2) is 5.13 Å². The second kappa shape index (κ2) is 8.01. The third-order valence-corrected chi connectivity index (χ3v) is 6.40. The van der Waals surface area contributed by atoms with Crippen LogP contribution in [0.2, 0.25) is 5.02 Å². The fraction of sp³-hybridized carbons (Fsp3) is 0.400. The summed E-state index contributed by atoms with van der Waals surface area (Å²) in [7, 11) is 0. The molecular formula is C20H20ClN3O3S. The molecule has 2 atom stereocenters. The van der Waals surface area contributed by atoms with Crippen molar-refractivity contribution in [2.75, 3.05) is 11.9 Å². The van der Waals surface area contributed by atoms with Gasteiger partial charge in [-0.05, 0) is 25.0 Å². The molecular weight excluding hydrogens is 398 g/mol. The highest BCUT2D eigenvalue weighted by atomic mass is 35.5. The number of carbonyl (C=O) groups excluding carboxylic acids is 3. The van der Waals surface area contributed by atoms with E-state index in [9.17, 15) is 14.4 Å². The van der Waals surface area contributed by atoms with E-state index in [1.54, 1.807) is 12.1 Å². The number of halogens is 1. The van der Waals surface area contributed by atoms with Crippen molar-refractivity contribution in [3.63, 3.8) is 0 Å². The van der Waals surface area contributed by atoms with E-state index >= 15 is 0 Å². The number of fused-ring (bicyclic) bond motifs is 1. The molecule has 0 unspecified atom stereocenters. The van der Waals surface area contributed by atoms with Crippen molar-refractivity contribution >= 4 is 45.8 Å². The molecule has 3 amide bonds. The zero-order valence-electron chi connectivity index (χ0n) is 15.2. The number of rotatable bonds is 5. The lowest BCUT2D eigenvalue weighted by atomic mass is 9.81. The number of carbonyl (C=O) groups is 3. The van der Waals surface area contributed by atoms with Gasteiger partial charge in [0.1, 0.15) is 0 Å². The molecule has 2 heterocycles. The highest BCUT2D eigenvalue weighted by Gasteiger charge is 2.47. The average Bonchev–Trinajstić information content (AvgIpc) is 3.25. The molecule has 1 saturated heterocycles. The van der Waals surface area contributed by atoms with Crippen LogP contribution in [0, 0.1) is 11.8 Å². The van der Waals surface area contributed by atoms with Gasteiger partial charge in [-0.25, -0.2) is 4.98 Å². The standard InChI is InChI=1S/C20H20ClN3O3S/c21-13-7-5-12(6-8-13)16-11-28-20(22-16)23-17(25)9-10-24-18(26)14-3-1-2-4-15(14)19(24)27/h5-8,11,14-15H,1-4,9-10H2,(H,22,23,25)/t14-,15-/m1/s1. The number of likely N-dealkylation sites (tertiary alicyclic amines) is 1. The number of nitrogens with zero attached hydrogens (tertiary/aromatic N) is 2. The molecule has 6 nitrogen and oxygen atoms in total. The van der Waals surface area contributed by atoms with E-state index in [0.29, 0.717) is 10.2 Å². The van der Waals surface area contributed by atoms with Gasteiger partial charge < -0.3 is 5.32 Å². The van der Waals surface area contributed by atoms with Crippen molar-refractivity contribution in [1.29, 1.82) is 0 Å². The molecule has 8 heteroatoms. The van der Waals surface area contributed by atoms with Crippen LogP contribution >= 0.6 is 22.9 Å². The van der Waals surface area contributed by atoms with Crippen molar-refractivity contribution in [3.8, 4) is 11.3 Å². The summed E-state index contributed by atoms with van der Waals surface area (Å²) in [5.74, 6) is -0.827. The molecule has 1 aromatic heterocycles. The maximum absolute atomic E-state index is 12.5. The summed E-state index contributed by atoms with van der Waals surface area (Å²) in [5.41, 5.74) is 1.67. The van der Waals surface area contributed by atoms with Gasteiger partial charge in [0, 0.05) is 28.9 Å². The smallest absolute Gasteiger partial charge is 0.233 e. The molecule has 0 bridgehead atoms. The third-order valence-electron chi connectivity index (χ3n) is 5.39. The van der Waals surface area contributed by atoms with E-state index in [2.05, 4.69) is 10.3 Å². The van der Waals surface area contributed by atoms with Crippen molar-refractivity contribution in [2.24, 2.45) is 11.8 Å². The minimum atomic E-state index is -0.257. The Kier molecular flexibility index (Phi) is 5.46. The number of aromatic nitrogens is 1. The molecule has 1 N–H and O–H groups in total. The van der Waals surface area contributed by atoms with E-state index in [-0.39, 0.29) is 42.5 Å². The predicted molar refractivity (Wildman–Crippen MR) is 108 cm³/mol. The fourth-order valence-electron chi connectivity index (χ4n) is 3.93. The topological polar surface area (TPSA) is 79.4 Å². The number of imide groups is 1. The maximum Gasteiger partial charge on any atom is 0.233 e. The van der Waals surface area contributed by atoms with Crippen LogP contribution < -0.4 is 5.32 Å². The number of nitrogens with one attached hydrogen (secondary N) is 1. The number of hydrogen-bond donors (Lipinski definition) is 1. The van der Waals surface area contributed by atoms with Crippen LogP contribution in [-0.4, -0.2) is 34.2 Å². The summed E-state index contributed by atoms with van der Waals surface area (Å²) in [6.45, 7) is 0.131. The van der Waals surface area contributed by atoms with Crippen LogP contribution in [0.25, 0.3) is 11.3 Å². The zero-order chi connectivity index (χ0) is 19.7. The first-order valence-electron chi connectivity index (χ1n) is 9.39. The molecule has 1 aliphatic carbocycles. The summed E-state index contributed by atoms with van der Waals surface area (Å²) in [4.78, 5) is 42.9. The lowest BCUT2D eigenvalue weighted by molar-refractivity contribution is -0.140. The summed E-state index contributed by atoms with van der Waals surface area (Å²) >= 11 is 7.22. The molecule has 1 aliphatic heterocycles. The Labute approximate surface area is 171 Å². The fourth-order valence-corrected chi connectivity index (χ4v) is 4.79. The van der Waals surface area contributed by atoms with Gasteiger partial charge in [-0.3, -0.25) is 19.3 Å². The van der Waals surface area contributed by atoms with Crippen molar-refractivity contribution in [2.45, 2.75) is 32.1 Å². The second-order valence-electron chi connectivity index (χ2n) is 7.17. The molecule has 2 aliphatic rings. The van der Waals surface area contributed by atoms with E-state index in [1.165, 1.54) is 16.2 Å². The zero-order valence-corrected chi connectivity index (χ0v) is 16.8. The number of hydrogen-bond acceptors (Lipinski definition) is 5. The summed E-state index contributed by atoms with van der Waals surface area (Å²) < 4.78 is 0.